The first-order valence-electron chi connectivity index (χ1n) is 11.0. The first-order chi connectivity index (χ1) is 14.7. The molecule has 0 aromatic carbocycles. The number of nitrogens with zero attached hydrogens (tertiary/aromatic N) is 3. The SMILES string of the molecule is O=C(NCc1cccs1)[C@@H]1CCc2nc(N3CCN(C(=O)C4CCC4)CC3)sc2C1. The maximum Gasteiger partial charge on any atom is 0.225 e. The number of anilines is 1. The molecule has 5 rings (SSSR count). The van der Waals surface area contributed by atoms with E-state index in [0.29, 0.717) is 12.5 Å². The van der Waals surface area contributed by atoms with E-state index in [1.807, 2.05) is 16.3 Å². The smallest absolute Gasteiger partial charge is 0.225 e. The fraction of sp³-hybridized carbons (Fsp3) is 0.591. The van der Waals surface area contributed by atoms with Crippen LogP contribution in [0.25, 0.3) is 0 Å². The highest BCUT2D eigenvalue weighted by molar-refractivity contribution is 7.15. The predicted octanol–water partition coefficient (Wildman–Crippen LogP) is 3.07. The third-order valence-electron chi connectivity index (χ3n) is 6.63. The van der Waals surface area contributed by atoms with Gasteiger partial charge in [-0.3, -0.25) is 9.59 Å². The van der Waals surface area contributed by atoms with Crippen LogP contribution in [0.1, 0.15) is 41.1 Å². The molecule has 6 nitrogen and oxygen atoms in total. The van der Waals surface area contributed by atoms with Gasteiger partial charge in [-0.05, 0) is 43.6 Å². The zero-order valence-corrected chi connectivity index (χ0v) is 18.8. The minimum atomic E-state index is 0.0442. The van der Waals surface area contributed by atoms with Crippen molar-refractivity contribution in [2.45, 2.75) is 45.1 Å². The van der Waals surface area contributed by atoms with Crippen molar-refractivity contribution in [1.29, 1.82) is 0 Å². The molecule has 2 aliphatic carbocycles. The summed E-state index contributed by atoms with van der Waals surface area (Å²) in [6.45, 7) is 3.93. The third kappa shape index (κ3) is 4.12. The zero-order chi connectivity index (χ0) is 20.5. The lowest BCUT2D eigenvalue weighted by molar-refractivity contribution is -0.138. The number of aromatic nitrogens is 1. The molecule has 0 unspecified atom stereocenters. The van der Waals surface area contributed by atoms with Gasteiger partial charge in [-0.15, -0.1) is 22.7 Å². The molecule has 1 atom stereocenters. The lowest BCUT2D eigenvalue weighted by atomic mass is 9.84. The van der Waals surface area contributed by atoms with Crippen molar-refractivity contribution in [3.63, 3.8) is 0 Å². The number of carbonyl (C=O) groups excluding carboxylic acids is 2. The quantitative estimate of drug-likeness (QED) is 0.770. The molecule has 0 bridgehead atoms. The van der Waals surface area contributed by atoms with Gasteiger partial charge in [-0.25, -0.2) is 4.98 Å². The summed E-state index contributed by atoms with van der Waals surface area (Å²) in [5.41, 5.74) is 1.17. The molecule has 3 aliphatic rings. The molecule has 1 N–H and O–H groups in total. The molecule has 2 amide bonds. The van der Waals surface area contributed by atoms with Gasteiger partial charge in [-0.1, -0.05) is 12.5 Å². The number of thiophene rings is 1. The molecule has 30 heavy (non-hydrogen) atoms. The number of fused-ring (bicyclic) bond motifs is 1. The van der Waals surface area contributed by atoms with Crippen molar-refractivity contribution in [3.8, 4) is 0 Å². The van der Waals surface area contributed by atoms with Crippen molar-refractivity contribution >= 4 is 39.6 Å². The molecule has 0 radical (unpaired) electrons. The number of rotatable bonds is 5. The van der Waals surface area contributed by atoms with Gasteiger partial charge in [0.05, 0.1) is 12.2 Å². The summed E-state index contributed by atoms with van der Waals surface area (Å²) in [7, 11) is 0. The first kappa shape index (κ1) is 20.0. The van der Waals surface area contributed by atoms with Gasteiger partial charge in [0.25, 0.3) is 0 Å². The highest BCUT2D eigenvalue weighted by Gasteiger charge is 2.33. The summed E-state index contributed by atoms with van der Waals surface area (Å²) < 4.78 is 0. The summed E-state index contributed by atoms with van der Waals surface area (Å²) in [4.78, 5) is 36.8. The monoisotopic (exact) mass is 444 g/mol. The maximum atomic E-state index is 12.6. The van der Waals surface area contributed by atoms with E-state index in [1.54, 1.807) is 22.7 Å². The Balaban J connectivity index is 1.15. The van der Waals surface area contributed by atoms with E-state index in [0.717, 1.165) is 63.4 Å². The molecular weight excluding hydrogens is 416 g/mol. The largest absolute Gasteiger partial charge is 0.351 e. The van der Waals surface area contributed by atoms with E-state index in [2.05, 4.69) is 16.3 Å². The maximum absolute atomic E-state index is 12.6. The van der Waals surface area contributed by atoms with Crippen LogP contribution in [0.5, 0.6) is 0 Å². The molecular formula is C22H28N4O2S2. The second-order valence-electron chi connectivity index (χ2n) is 8.54. The molecule has 2 aromatic rings. The predicted molar refractivity (Wildman–Crippen MR) is 120 cm³/mol. The summed E-state index contributed by atoms with van der Waals surface area (Å²) >= 11 is 3.42. The number of piperazine rings is 1. The highest BCUT2D eigenvalue weighted by atomic mass is 32.1. The van der Waals surface area contributed by atoms with Crippen LogP contribution in [0.4, 0.5) is 5.13 Å². The van der Waals surface area contributed by atoms with Crippen LogP contribution in [-0.4, -0.2) is 47.9 Å². The summed E-state index contributed by atoms with van der Waals surface area (Å²) in [6, 6.07) is 4.07. The van der Waals surface area contributed by atoms with Crippen molar-refractivity contribution in [1.82, 2.24) is 15.2 Å². The molecule has 2 fully saturated rings. The Hall–Kier alpha value is -1.93. The number of thiazole rings is 1. The summed E-state index contributed by atoms with van der Waals surface area (Å²) in [5, 5.41) is 6.20. The highest BCUT2D eigenvalue weighted by Crippen LogP contribution is 2.35. The van der Waals surface area contributed by atoms with E-state index < -0.39 is 0 Å². The Morgan fingerprint density at radius 3 is 2.67 bits per heavy atom. The van der Waals surface area contributed by atoms with Gasteiger partial charge in [0.1, 0.15) is 0 Å². The van der Waals surface area contributed by atoms with E-state index >= 15 is 0 Å². The standard InChI is InChI=1S/C22H28N4O2S2/c27-20(23-14-17-5-2-12-29-17)16-6-7-18-19(13-16)30-22(24-18)26-10-8-25(9-11-26)21(28)15-3-1-4-15/h2,5,12,15-16H,1,3-4,6-11,13-14H2,(H,23,27)/t16-/m1/s1. The first-order valence-corrected chi connectivity index (χ1v) is 12.7. The Labute approximate surface area is 185 Å². The molecule has 3 heterocycles. The van der Waals surface area contributed by atoms with Crippen molar-refractivity contribution in [3.05, 3.63) is 33.0 Å². The molecule has 8 heteroatoms. The normalized spacial score (nSPS) is 21.8. The van der Waals surface area contributed by atoms with E-state index in [9.17, 15) is 9.59 Å². The average Bonchev–Trinajstić information content (AvgIpc) is 3.40. The van der Waals surface area contributed by atoms with Gasteiger partial charge in [0, 0.05) is 47.8 Å². The van der Waals surface area contributed by atoms with Crippen LogP contribution in [0.2, 0.25) is 0 Å². The molecule has 0 spiro atoms. The van der Waals surface area contributed by atoms with Crippen LogP contribution < -0.4 is 10.2 Å². The van der Waals surface area contributed by atoms with Gasteiger partial charge >= 0.3 is 0 Å². The average molecular weight is 445 g/mol. The number of hydrogen-bond acceptors (Lipinski definition) is 6. The van der Waals surface area contributed by atoms with E-state index in [1.165, 1.54) is 21.9 Å². The Morgan fingerprint density at radius 2 is 1.97 bits per heavy atom. The fourth-order valence-electron chi connectivity index (χ4n) is 4.48. The number of aryl methyl sites for hydroxylation is 1. The topological polar surface area (TPSA) is 65.5 Å². The third-order valence-corrected chi connectivity index (χ3v) is 8.69. The summed E-state index contributed by atoms with van der Waals surface area (Å²) in [6.07, 6.45) is 5.89. The minimum Gasteiger partial charge on any atom is -0.351 e. The molecule has 2 aromatic heterocycles. The van der Waals surface area contributed by atoms with Crippen molar-refractivity contribution < 1.29 is 9.59 Å². The molecule has 1 saturated carbocycles. The van der Waals surface area contributed by atoms with Crippen LogP contribution >= 0.6 is 22.7 Å². The summed E-state index contributed by atoms with van der Waals surface area (Å²) in [5.74, 6) is 0.845. The lowest BCUT2D eigenvalue weighted by Crippen LogP contribution is -2.51. The van der Waals surface area contributed by atoms with Gasteiger partial charge in [0.2, 0.25) is 11.8 Å². The Kier molecular flexibility index (Phi) is 5.78. The molecule has 1 saturated heterocycles. The molecule has 1 aliphatic heterocycles. The van der Waals surface area contributed by atoms with Crippen LogP contribution in [0, 0.1) is 11.8 Å². The van der Waals surface area contributed by atoms with Crippen LogP contribution in [-0.2, 0) is 29.0 Å². The van der Waals surface area contributed by atoms with Crippen molar-refractivity contribution in [2.24, 2.45) is 11.8 Å². The number of nitrogens with one attached hydrogen (secondary N) is 1. The second kappa shape index (κ2) is 8.67. The minimum absolute atomic E-state index is 0.0442. The Morgan fingerprint density at radius 1 is 1.13 bits per heavy atom. The fourth-order valence-corrected chi connectivity index (χ4v) is 6.37. The Bertz CT molecular complexity index is 898. The molecule has 160 valence electrons. The van der Waals surface area contributed by atoms with Crippen LogP contribution in [0.15, 0.2) is 17.5 Å². The van der Waals surface area contributed by atoms with E-state index in [-0.39, 0.29) is 17.7 Å². The lowest BCUT2D eigenvalue weighted by Gasteiger charge is -2.38. The number of amides is 2. The number of carbonyl (C=O) groups is 2. The van der Waals surface area contributed by atoms with Crippen molar-refractivity contribution in [2.75, 3.05) is 31.1 Å². The second-order valence-corrected chi connectivity index (χ2v) is 10.6. The van der Waals surface area contributed by atoms with Gasteiger partial charge < -0.3 is 15.1 Å². The van der Waals surface area contributed by atoms with Gasteiger partial charge in [-0.2, -0.15) is 0 Å². The van der Waals surface area contributed by atoms with Crippen LogP contribution in [0.3, 0.4) is 0 Å². The van der Waals surface area contributed by atoms with Gasteiger partial charge in [0.15, 0.2) is 5.13 Å². The number of hydrogen-bond donors (Lipinski definition) is 1. The van der Waals surface area contributed by atoms with E-state index in [4.69, 9.17) is 4.98 Å². The zero-order valence-electron chi connectivity index (χ0n) is 17.1.